The van der Waals surface area contributed by atoms with Gasteiger partial charge in [0.15, 0.2) is 11.6 Å². The average Bonchev–Trinajstić information content (AvgIpc) is 2.45. The van der Waals surface area contributed by atoms with Crippen LogP contribution in [0.15, 0.2) is 16.6 Å². The number of hydrogen-bond donors (Lipinski definition) is 1. The first kappa shape index (κ1) is 17.6. The van der Waals surface area contributed by atoms with Crippen molar-refractivity contribution in [1.29, 1.82) is 0 Å². The molecule has 0 saturated carbocycles. The summed E-state index contributed by atoms with van der Waals surface area (Å²) in [4.78, 5) is 0. The first-order valence-corrected chi connectivity index (χ1v) is 8.21. The van der Waals surface area contributed by atoms with Crippen molar-refractivity contribution in [2.24, 2.45) is 0 Å². The molecule has 0 aliphatic rings. The van der Waals surface area contributed by atoms with E-state index >= 15 is 0 Å². The fraction of sp³-hybridized carbons (Fsp3) is 0.625. The van der Waals surface area contributed by atoms with Crippen molar-refractivity contribution < 1.29 is 8.78 Å². The van der Waals surface area contributed by atoms with Crippen molar-refractivity contribution >= 4 is 15.9 Å². The molecule has 1 nitrogen and oxygen atoms in total. The molecule has 114 valence electrons. The molecule has 0 aromatic heterocycles. The van der Waals surface area contributed by atoms with Crippen molar-refractivity contribution in [1.82, 2.24) is 5.32 Å². The van der Waals surface area contributed by atoms with Gasteiger partial charge in [0.05, 0.1) is 4.47 Å². The predicted molar refractivity (Wildman–Crippen MR) is 83.9 cm³/mol. The molecule has 1 atom stereocenters. The molecule has 0 bridgehead atoms. The van der Waals surface area contributed by atoms with E-state index in [-0.39, 0.29) is 10.5 Å². The van der Waals surface area contributed by atoms with Crippen molar-refractivity contribution in [2.75, 3.05) is 7.05 Å². The average molecular weight is 348 g/mol. The zero-order valence-corrected chi connectivity index (χ0v) is 13.9. The Hall–Kier alpha value is -0.480. The van der Waals surface area contributed by atoms with Crippen molar-refractivity contribution in [2.45, 2.75) is 57.9 Å². The Morgan fingerprint density at radius 1 is 1.10 bits per heavy atom. The van der Waals surface area contributed by atoms with Gasteiger partial charge in [-0.25, -0.2) is 8.78 Å². The maximum Gasteiger partial charge on any atom is 0.173 e. The van der Waals surface area contributed by atoms with Crippen LogP contribution in [0.25, 0.3) is 0 Å². The van der Waals surface area contributed by atoms with Crippen LogP contribution in [-0.2, 0) is 0 Å². The maximum absolute atomic E-state index is 13.6. The number of halogens is 3. The van der Waals surface area contributed by atoms with E-state index in [0.717, 1.165) is 18.4 Å². The third-order valence-electron chi connectivity index (χ3n) is 3.64. The second kappa shape index (κ2) is 9.46. The fourth-order valence-electron chi connectivity index (χ4n) is 2.39. The largest absolute Gasteiger partial charge is 0.313 e. The molecule has 1 rings (SSSR count). The van der Waals surface area contributed by atoms with E-state index in [9.17, 15) is 8.78 Å². The molecular formula is C16H24BrF2N. The summed E-state index contributed by atoms with van der Waals surface area (Å²) in [6.45, 7) is 2.21. The lowest BCUT2D eigenvalue weighted by Gasteiger charge is -2.18. The van der Waals surface area contributed by atoms with Crippen LogP contribution in [0.3, 0.4) is 0 Å². The summed E-state index contributed by atoms with van der Waals surface area (Å²) < 4.78 is 26.9. The van der Waals surface area contributed by atoms with Gasteiger partial charge in [-0.05, 0) is 41.0 Å². The summed E-state index contributed by atoms with van der Waals surface area (Å²) in [7, 11) is 1.86. The minimum atomic E-state index is -0.810. The third kappa shape index (κ3) is 5.13. The predicted octanol–water partition coefficient (Wildman–Crippen LogP) is 5.74. The van der Waals surface area contributed by atoms with E-state index in [2.05, 4.69) is 28.2 Å². The van der Waals surface area contributed by atoms with E-state index in [1.54, 1.807) is 6.07 Å². The van der Waals surface area contributed by atoms with Gasteiger partial charge in [0.2, 0.25) is 0 Å². The Labute approximate surface area is 129 Å². The summed E-state index contributed by atoms with van der Waals surface area (Å²) in [5, 5.41) is 3.19. The second-order valence-electron chi connectivity index (χ2n) is 5.16. The van der Waals surface area contributed by atoms with Crippen LogP contribution in [-0.4, -0.2) is 7.05 Å². The minimum Gasteiger partial charge on any atom is -0.313 e. The first-order chi connectivity index (χ1) is 9.61. The maximum atomic E-state index is 13.6. The van der Waals surface area contributed by atoms with Gasteiger partial charge >= 0.3 is 0 Å². The van der Waals surface area contributed by atoms with Gasteiger partial charge in [-0.1, -0.05) is 51.5 Å². The highest BCUT2D eigenvalue weighted by atomic mass is 79.9. The van der Waals surface area contributed by atoms with E-state index in [1.807, 2.05) is 7.05 Å². The number of nitrogens with one attached hydrogen (secondary N) is 1. The van der Waals surface area contributed by atoms with E-state index in [0.29, 0.717) is 0 Å². The van der Waals surface area contributed by atoms with Crippen LogP contribution < -0.4 is 5.32 Å². The Bertz CT molecular complexity index is 410. The van der Waals surface area contributed by atoms with Gasteiger partial charge in [-0.2, -0.15) is 0 Å². The SMILES string of the molecule is CCCCCCCCC(NC)c1ccc(F)c(F)c1Br. The Balaban J connectivity index is 2.52. The van der Waals surface area contributed by atoms with Gasteiger partial charge < -0.3 is 5.32 Å². The van der Waals surface area contributed by atoms with Crippen LogP contribution in [0.4, 0.5) is 8.78 Å². The lowest BCUT2D eigenvalue weighted by molar-refractivity contribution is 0.477. The van der Waals surface area contributed by atoms with Crippen LogP contribution >= 0.6 is 15.9 Å². The number of unbranched alkanes of at least 4 members (excludes halogenated alkanes) is 5. The van der Waals surface area contributed by atoms with Crippen LogP contribution in [0.5, 0.6) is 0 Å². The molecule has 1 N–H and O–H groups in total. The molecular weight excluding hydrogens is 324 g/mol. The Morgan fingerprint density at radius 3 is 2.40 bits per heavy atom. The molecule has 0 aliphatic heterocycles. The van der Waals surface area contributed by atoms with Gasteiger partial charge in [-0.15, -0.1) is 0 Å². The molecule has 0 amide bonds. The first-order valence-electron chi connectivity index (χ1n) is 7.42. The van der Waals surface area contributed by atoms with Crippen LogP contribution in [0.2, 0.25) is 0 Å². The smallest absolute Gasteiger partial charge is 0.173 e. The fourth-order valence-corrected chi connectivity index (χ4v) is 2.99. The molecule has 0 aliphatic carbocycles. The number of rotatable bonds is 9. The summed E-state index contributed by atoms with van der Waals surface area (Å²) in [5.74, 6) is -1.61. The van der Waals surface area contributed by atoms with Gasteiger partial charge in [-0.3, -0.25) is 0 Å². The molecule has 0 heterocycles. The van der Waals surface area contributed by atoms with Gasteiger partial charge in [0, 0.05) is 6.04 Å². The lowest BCUT2D eigenvalue weighted by Crippen LogP contribution is -2.17. The molecule has 1 aromatic carbocycles. The molecule has 20 heavy (non-hydrogen) atoms. The van der Waals surface area contributed by atoms with Crippen molar-refractivity contribution in [3.8, 4) is 0 Å². The highest BCUT2D eigenvalue weighted by Gasteiger charge is 2.17. The number of benzene rings is 1. The quantitative estimate of drug-likeness (QED) is 0.443. The summed E-state index contributed by atoms with van der Waals surface area (Å²) >= 11 is 3.16. The molecule has 0 saturated heterocycles. The third-order valence-corrected chi connectivity index (χ3v) is 4.44. The zero-order chi connectivity index (χ0) is 15.0. The molecule has 0 radical (unpaired) electrons. The van der Waals surface area contributed by atoms with Crippen LogP contribution in [0.1, 0.15) is 63.5 Å². The lowest BCUT2D eigenvalue weighted by atomic mass is 9.99. The molecule has 4 heteroatoms. The molecule has 1 aromatic rings. The summed E-state index contributed by atoms with van der Waals surface area (Å²) in [5.41, 5.74) is 0.792. The highest BCUT2D eigenvalue weighted by Crippen LogP contribution is 2.30. The minimum absolute atomic E-state index is 0.0608. The normalized spacial score (nSPS) is 12.7. The van der Waals surface area contributed by atoms with Gasteiger partial charge in [0.25, 0.3) is 0 Å². The van der Waals surface area contributed by atoms with Crippen molar-refractivity contribution in [3.63, 3.8) is 0 Å². The van der Waals surface area contributed by atoms with Crippen molar-refractivity contribution in [3.05, 3.63) is 33.8 Å². The zero-order valence-electron chi connectivity index (χ0n) is 12.3. The second-order valence-corrected chi connectivity index (χ2v) is 5.96. The van der Waals surface area contributed by atoms with Crippen LogP contribution in [0, 0.1) is 11.6 Å². The molecule has 0 spiro atoms. The summed E-state index contributed by atoms with van der Waals surface area (Å²) in [6, 6.07) is 2.91. The van der Waals surface area contributed by atoms with E-state index in [4.69, 9.17) is 0 Å². The van der Waals surface area contributed by atoms with E-state index < -0.39 is 11.6 Å². The monoisotopic (exact) mass is 347 g/mol. The topological polar surface area (TPSA) is 12.0 Å². The standard InChI is InChI=1S/C16H24BrF2N/c1-3-4-5-6-7-8-9-14(20-2)12-10-11-13(18)16(19)15(12)17/h10-11,14,20H,3-9H2,1-2H3. The highest BCUT2D eigenvalue weighted by molar-refractivity contribution is 9.10. The molecule has 1 unspecified atom stereocenters. The van der Waals surface area contributed by atoms with Gasteiger partial charge in [0.1, 0.15) is 0 Å². The molecule has 0 fully saturated rings. The Kier molecular flexibility index (Phi) is 8.31. The Morgan fingerprint density at radius 2 is 1.75 bits per heavy atom. The van der Waals surface area contributed by atoms with E-state index in [1.165, 1.54) is 38.2 Å². The number of hydrogen-bond acceptors (Lipinski definition) is 1. The summed E-state index contributed by atoms with van der Waals surface area (Å²) in [6.07, 6.45) is 8.32.